The van der Waals surface area contributed by atoms with Gasteiger partial charge >= 0.3 is 0 Å². The number of benzene rings is 1. The molecule has 98 valence electrons. The molecule has 1 aromatic rings. The van der Waals surface area contributed by atoms with Crippen molar-refractivity contribution in [3.05, 3.63) is 23.8 Å². The largest absolute Gasteiger partial charge is 0.409 e. The van der Waals surface area contributed by atoms with Crippen LogP contribution in [-0.4, -0.2) is 29.9 Å². The smallest absolute Gasteiger partial charge is 0.173 e. The second kappa shape index (κ2) is 6.00. The normalized spacial score (nSPS) is 16.3. The molecule has 2 rings (SSSR count). The third-order valence-corrected chi connectivity index (χ3v) is 4.05. The summed E-state index contributed by atoms with van der Waals surface area (Å²) in [5, 5.41) is 12.2. The lowest BCUT2D eigenvalue weighted by Crippen LogP contribution is -2.24. The van der Waals surface area contributed by atoms with E-state index in [4.69, 9.17) is 10.9 Å². The molecule has 0 unspecified atom stereocenters. The van der Waals surface area contributed by atoms with E-state index < -0.39 is 0 Å². The average Bonchev–Trinajstić information content (AvgIpc) is 2.92. The van der Waals surface area contributed by atoms with Crippen LogP contribution in [-0.2, 0) is 0 Å². The number of thioether (sulfide) groups is 1. The number of amidine groups is 1. The molecule has 0 radical (unpaired) electrons. The van der Waals surface area contributed by atoms with Gasteiger partial charge in [0.25, 0.3) is 0 Å². The summed E-state index contributed by atoms with van der Waals surface area (Å²) in [4.78, 5) is 3.39. The highest BCUT2D eigenvalue weighted by Crippen LogP contribution is 2.32. The van der Waals surface area contributed by atoms with E-state index >= 15 is 0 Å². The van der Waals surface area contributed by atoms with Gasteiger partial charge in [0.05, 0.1) is 5.56 Å². The molecule has 3 N–H and O–H groups in total. The standard InChI is InChI=1S/C13H19N3OS/c1-2-18-11-7-5-6-10(12(11)13(14)15-17)16-8-3-4-9-16/h5-7,17H,2-4,8-9H2,1H3,(H2,14,15). The molecule has 0 aromatic heterocycles. The molecule has 0 atom stereocenters. The molecule has 1 heterocycles. The molecule has 1 aliphatic rings. The highest BCUT2D eigenvalue weighted by Gasteiger charge is 2.20. The molecule has 18 heavy (non-hydrogen) atoms. The average molecular weight is 265 g/mol. The maximum absolute atomic E-state index is 8.98. The van der Waals surface area contributed by atoms with Gasteiger partial charge < -0.3 is 15.8 Å². The highest BCUT2D eigenvalue weighted by molar-refractivity contribution is 7.99. The van der Waals surface area contributed by atoms with Crippen LogP contribution in [0.3, 0.4) is 0 Å². The second-order valence-corrected chi connectivity index (χ2v) is 5.57. The van der Waals surface area contributed by atoms with Crippen molar-refractivity contribution in [1.29, 1.82) is 0 Å². The lowest BCUT2D eigenvalue weighted by atomic mass is 10.1. The first-order valence-corrected chi connectivity index (χ1v) is 7.25. The SMILES string of the molecule is CCSc1cccc(N2CCCC2)c1/C(N)=N/O. The molecule has 5 heteroatoms. The van der Waals surface area contributed by atoms with Gasteiger partial charge in [0.2, 0.25) is 0 Å². The van der Waals surface area contributed by atoms with Crippen LogP contribution in [0, 0.1) is 0 Å². The van der Waals surface area contributed by atoms with E-state index in [2.05, 4.69) is 23.0 Å². The molecule has 0 bridgehead atoms. The second-order valence-electron chi connectivity index (χ2n) is 4.26. The Labute approximate surface area is 112 Å². The van der Waals surface area contributed by atoms with Crippen molar-refractivity contribution in [3.8, 4) is 0 Å². The lowest BCUT2D eigenvalue weighted by molar-refractivity contribution is 0.318. The fourth-order valence-electron chi connectivity index (χ4n) is 2.32. The van der Waals surface area contributed by atoms with Crippen LogP contribution >= 0.6 is 11.8 Å². The summed E-state index contributed by atoms with van der Waals surface area (Å²) >= 11 is 1.72. The molecule has 0 amide bonds. The van der Waals surface area contributed by atoms with Crippen LogP contribution < -0.4 is 10.6 Å². The van der Waals surface area contributed by atoms with Gasteiger partial charge in [0.15, 0.2) is 5.84 Å². The summed E-state index contributed by atoms with van der Waals surface area (Å²) in [6.07, 6.45) is 2.42. The van der Waals surface area contributed by atoms with Crippen molar-refractivity contribution in [1.82, 2.24) is 0 Å². The fourth-order valence-corrected chi connectivity index (χ4v) is 3.16. The molecule has 1 fully saturated rings. The highest BCUT2D eigenvalue weighted by atomic mass is 32.2. The summed E-state index contributed by atoms with van der Waals surface area (Å²) < 4.78 is 0. The molecule has 1 saturated heterocycles. The van der Waals surface area contributed by atoms with Gasteiger partial charge in [-0.05, 0) is 30.7 Å². The van der Waals surface area contributed by atoms with E-state index in [1.165, 1.54) is 12.8 Å². The zero-order chi connectivity index (χ0) is 13.0. The van der Waals surface area contributed by atoms with Gasteiger partial charge in [-0.2, -0.15) is 0 Å². The lowest BCUT2D eigenvalue weighted by Gasteiger charge is -2.22. The molecule has 1 aromatic carbocycles. The Morgan fingerprint density at radius 1 is 1.44 bits per heavy atom. The van der Waals surface area contributed by atoms with Crippen molar-refractivity contribution >= 4 is 23.3 Å². The molecule has 4 nitrogen and oxygen atoms in total. The minimum absolute atomic E-state index is 0.202. The quantitative estimate of drug-likeness (QED) is 0.289. The first-order valence-electron chi connectivity index (χ1n) is 6.26. The Hall–Kier alpha value is -1.36. The van der Waals surface area contributed by atoms with E-state index in [0.29, 0.717) is 0 Å². The maximum atomic E-state index is 8.98. The van der Waals surface area contributed by atoms with Gasteiger partial charge in [-0.15, -0.1) is 11.8 Å². The molecule has 1 aliphatic heterocycles. The van der Waals surface area contributed by atoms with E-state index in [1.54, 1.807) is 11.8 Å². The van der Waals surface area contributed by atoms with Gasteiger partial charge in [-0.1, -0.05) is 18.1 Å². The van der Waals surface area contributed by atoms with Crippen molar-refractivity contribution in [3.63, 3.8) is 0 Å². The summed E-state index contributed by atoms with van der Waals surface area (Å²) in [5.41, 5.74) is 7.81. The van der Waals surface area contributed by atoms with Crippen molar-refractivity contribution in [2.75, 3.05) is 23.7 Å². The fraction of sp³-hybridized carbons (Fsp3) is 0.462. The van der Waals surface area contributed by atoms with E-state index in [0.717, 1.165) is 35.0 Å². The topological polar surface area (TPSA) is 61.8 Å². The molecule has 0 saturated carbocycles. The van der Waals surface area contributed by atoms with Crippen molar-refractivity contribution in [2.24, 2.45) is 10.9 Å². The number of anilines is 1. The van der Waals surface area contributed by atoms with Crippen LogP contribution in [0.15, 0.2) is 28.3 Å². The monoisotopic (exact) mass is 265 g/mol. The summed E-state index contributed by atoms with van der Waals surface area (Å²) in [7, 11) is 0. The van der Waals surface area contributed by atoms with Crippen molar-refractivity contribution < 1.29 is 5.21 Å². The number of oxime groups is 1. The zero-order valence-electron chi connectivity index (χ0n) is 10.6. The Kier molecular flexibility index (Phi) is 4.36. The molecule has 0 spiro atoms. The van der Waals surface area contributed by atoms with E-state index in [9.17, 15) is 0 Å². The van der Waals surface area contributed by atoms with E-state index in [-0.39, 0.29) is 5.84 Å². The van der Waals surface area contributed by atoms with Crippen LogP contribution in [0.2, 0.25) is 0 Å². The first-order chi connectivity index (χ1) is 8.77. The summed E-state index contributed by atoms with van der Waals surface area (Å²) in [5.74, 6) is 1.17. The van der Waals surface area contributed by atoms with Gasteiger partial charge in [0.1, 0.15) is 0 Å². The Morgan fingerprint density at radius 3 is 2.78 bits per heavy atom. The predicted octanol–water partition coefficient (Wildman–Crippen LogP) is 2.49. The Morgan fingerprint density at radius 2 is 2.17 bits per heavy atom. The number of nitrogens with two attached hydrogens (primary N) is 1. The number of hydrogen-bond acceptors (Lipinski definition) is 4. The predicted molar refractivity (Wildman–Crippen MR) is 76.8 cm³/mol. The van der Waals surface area contributed by atoms with Gasteiger partial charge in [-0.25, -0.2) is 0 Å². The number of rotatable bonds is 4. The molecule has 0 aliphatic carbocycles. The van der Waals surface area contributed by atoms with Gasteiger partial charge in [-0.3, -0.25) is 0 Å². The Balaban J connectivity index is 2.46. The van der Waals surface area contributed by atoms with Crippen molar-refractivity contribution in [2.45, 2.75) is 24.7 Å². The summed E-state index contributed by atoms with van der Waals surface area (Å²) in [6, 6.07) is 6.12. The minimum Gasteiger partial charge on any atom is -0.409 e. The minimum atomic E-state index is 0.202. The third kappa shape index (κ3) is 2.56. The van der Waals surface area contributed by atoms with Crippen LogP contribution in [0.25, 0.3) is 0 Å². The maximum Gasteiger partial charge on any atom is 0.173 e. The van der Waals surface area contributed by atoms with E-state index in [1.807, 2.05) is 12.1 Å². The zero-order valence-corrected chi connectivity index (χ0v) is 11.4. The number of nitrogens with zero attached hydrogens (tertiary/aromatic N) is 2. The molecular formula is C13H19N3OS. The van der Waals surface area contributed by atoms with Crippen LogP contribution in [0.1, 0.15) is 25.3 Å². The van der Waals surface area contributed by atoms with Gasteiger partial charge in [0, 0.05) is 23.7 Å². The third-order valence-electron chi connectivity index (χ3n) is 3.11. The van der Waals surface area contributed by atoms with Crippen LogP contribution in [0.5, 0.6) is 0 Å². The van der Waals surface area contributed by atoms with Crippen LogP contribution in [0.4, 0.5) is 5.69 Å². The number of hydrogen-bond donors (Lipinski definition) is 2. The Bertz CT molecular complexity index is 442. The first kappa shape index (κ1) is 13.1. The summed E-state index contributed by atoms with van der Waals surface area (Å²) in [6.45, 7) is 4.20. The molecular weight excluding hydrogens is 246 g/mol.